The quantitative estimate of drug-likeness (QED) is 0.473. The zero-order valence-corrected chi connectivity index (χ0v) is 5.35. The highest BCUT2D eigenvalue weighted by molar-refractivity contribution is 5.56. The van der Waals surface area contributed by atoms with Crippen molar-refractivity contribution in [3.8, 4) is 0 Å². The fourth-order valence-corrected chi connectivity index (χ4v) is 0.770. The fourth-order valence-electron chi connectivity index (χ4n) is 0.770. The summed E-state index contributed by atoms with van der Waals surface area (Å²) >= 11 is 0. The molecule has 2 rings (SSSR count). The van der Waals surface area contributed by atoms with E-state index in [2.05, 4.69) is 20.3 Å². The van der Waals surface area contributed by atoms with E-state index in [1.54, 1.807) is 0 Å². The summed E-state index contributed by atoms with van der Waals surface area (Å²) in [6.45, 7) is 0. The Bertz CT molecular complexity index is 441. The third-order valence-electron chi connectivity index (χ3n) is 1.24. The number of nitrogens with two attached hydrogens (primary N) is 1. The topological polar surface area (TPSA) is 102 Å². The lowest BCUT2D eigenvalue weighted by Gasteiger charge is -1.90. The molecular formula is C4H4N6O. The number of hydrogen-bond acceptors (Lipinski definition) is 5. The molecule has 0 amide bonds. The Morgan fingerprint density at radius 2 is 2.45 bits per heavy atom. The van der Waals surface area contributed by atoms with Gasteiger partial charge in [-0.3, -0.25) is 0 Å². The predicted molar refractivity (Wildman–Crippen MR) is 35.8 cm³/mol. The van der Waals surface area contributed by atoms with Gasteiger partial charge >= 0.3 is 5.69 Å². The monoisotopic (exact) mass is 152 g/mol. The van der Waals surface area contributed by atoms with Gasteiger partial charge in [0.1, 0.15) is 6.33 Å². The molecule has 0 saturated heterocycles. The Hall–Kier alpha value is -1.92. The first-order valence-electron chi connectivity index (χ1n) is 2.83. The molecule has 11 heavy (non-hydrogen) atoms. The largest absolute Gasteiger partial charge is 0.379 e. The van der Waals surface area contributed by atoms with Crippen LogP contribution in [0.4, 0.5) is 5.82 Å². The van der Waals surface area contributed by atoms with E-state index in [4.69, 9.17) is 5.73 Å². The number of H-pyrrole nitrogens is 1. The molecule has 3 N–H and O–H groups in total. The zero-order valence-electron chi connectivity index (χ0n) is 5.35. The van der Waals surface area contributed by atoms with Crippen molar-refractivity contribution in [3.63, 3.8) is 0 Å². The Morgan fingerprint density at radius 3 is 3.18 bits per heavy atom. The first-order chi connectivity index (χ1) is 5.29. The summed E-state index contributed by atoms with van der Waals surface area (Å²) in [4.78, 5) is 14.6. The number of aromatic amines is 1. The standard InChI is InChI=1S/C4H4N6O/c5-2-3-6-1-7-10(3)4(11)9-8-2/h1H,(H2,5,8)(H,9,11). The average molecular weight is 152 g/mol. The SMILES string of the molecule is Nc1n[nH]c(=O)n2ncnc12. The van der Waals surface area contributed by atoms with Gasteiger partial charge in [-0.05, 0) is 0 Å². The molecule has 0 bridgehead atoms. The van der Waals surface area contributed by atoms with Gasteiger partial charge in [0, 0.05) is 0 Å². The molecule has 0 fully saturated rings. The van der Waals surface area contributed by atoms with Crippen LogP contribution >= 0.6 is 0 Å². The van der Waals surface area contributed by atoms with E-state index >= 15 is 0 Å². The van der Waals surface area contributed by atoms with Crippen molar-refractivity contribution in [1.82, 2.24) is 24.8 Å². The van der Waals surface area contributed by atoms with Crippen LogP contribution in [0.15, 0.2) is 11.1 Å². The predicted octanol–water partition coefficient (Wildman–Crippen LogP) is -1.61. The van der Waals surface area contributed by atoms with Crippen LogP contribution in [0.3, 0.4) is 0 Å². The summed E-state index contributed by atoms with van der Waals surface area (Å²) in [5.74, 6) is 0.155. The number of aromatic nitrogens is 5. The van der Waals surface area contributed by atoms with Gasteiger partial charge in [-0.15, -0.1) is 10.2 Å². The molecule has 0 radical (unpaired) electrons. The second kappa shape index (κ2) is 1.78. The molecule has 0 saturated carbocycles. The minimum Gasteiger partial charge on any atom is -0.379 e. The van der Waals surface area contributed by atoms with Gasteiger partial charge in [-0.1, -0.05) is 0 Å². The van der Waals surface area contributed by atoms with E-state index in [0.717, 1.165) is 4.52 Å². The zero-order chi connectivity index (χ0) is 7.84. The van der Waals surface area contributed by atoms with Crippen molar-refractivity contribution in [3.05, 3.63) is 16.8 Å². The van der Waals surface area contributed by atoms with Crippen LogP contribution in [0.1, 0.15) is 0 Å². The first-order valence-corrected chi connectivity index (χ1v) is 2.83. The van der Waals surface area contributed by atoms with Gasteiger partial charge in [0.15, 0.2) is 5.82 Å². The Morgan fingerprint density at radius 1 is 1.64 bits per heavy atom. The summed E-state index contributed by atoms with van der Waals surface area (Å²) < 4.78 is 1.04. The highest BCUT2D eigenvalue weighted by Crippen LogP contribution is 1.98. The normalized spacial score (nSPS) is 10.5. The second-order valence-corrected chi connectivity index (χ2v) is 1.91. The van der Waals surface area contributed by atoms with Crippen LogP contribution in [-0.4, -0.2) is 24.8 Å². The van der Waals surface area contributed by atoms with Crippen LogP contribution < -0.4 is 11.4 Å². The molecule has 0 aliphatic rings. The van der Waals surface area contributed by atoms with Gasteiger partial charge in [-0.25, -0.2) is 14.9 Å². The average Bonchev–Trinajstić information content (AvgIpc) is 2.45. The van der Waals surface area contributed by atoms with Crippen molar-refractivity contribution < 1.29 is 0 Å². The van der Waals surface area contributed by atoms with Crippen molar-refractivity contribution in [2.75, 3.05) is 5.73 Å². The van der Waals surface area contributed by atoms with Gasteiger partial charge in [0.25, 0.3) is 0 Å². The molecule has 2 aromatic rings. The molecule has 2 heterocycles. The minimum absolute atomic E-state index is 0.155. The van der Waals surface area contributed by atoms with Crippen LogP contribution in [-0.2, 0) is 0 Å². The highest BCUT2D eigenvalue weighted by Gasteiger charge is 2.02. The maximum atomic E-state index is 10.9. The fraction of sp³-hybridized carbons (Fsp3) is 0. The van der Waals surface area contributed by atoms with Gasteiger partial charge in [0.05, 0.1) is 0 Å². The smallest absolute Gasteiger partial charge is 0.364 e. The van der Waals surface area contributed by atoms with Crippen molar-refractivity contribution in [2.24, 2.45) is 0 Å². The van der Waals surface area contributed by atoms with Crippen LogP contribution in [0.5, 0.6) is 0 Å². The van der Waals surface area contributed by atoms with Crippen LogP contribution in [0, 0.1) is 0 Å². The molecule has 7 nitrogen and oxygen atoms in total. The van der Waals surface area contributed by atoms with E-state index in [1.807, 2.05) is 0 Å². The molecule has 2 aromatic heterocycles. The Labute approximate surface area is 59.9 Å². The lowest BCUT2D eigenvalue weighted by molar-refractivity contribution is 0.815. The minimum atomic E-state index is -0.452. The summed E-state index contributed by atoms with van der Waals surface area (Å²) in [5.41, 5.74) is 5.18. The second-order valence-electron chi connectivity index (χ2n) is 1.91. The highest BCUT2D eigenvalue weighted by atomic mass is 16.1. The van der Waals surface area contributed by atoms with Crippen molar-refractivity contribution >= 4 is 11.5 Å². The van der Waals surface area contributed by atoms with E-state index in [9.17, 15) is 4.79 Å². The third-order valence-corrected chi connectivity index (χ3v) is 1.24. The van der Waals surface area contributed by atoms with Gasteiger partial charge in [-0.2, -0.15) is 4.52 Å². The first kappa shape index (κ1) is 5.83. The molecule has 56 valence electrons. The van der Waals surface area contributed by atoms with Crippen LogP contribution in [0.2, 0.25) is 0 Å². The Balaban J connectivity index is 3.08. The Kier molecular flexibility index (Phi) is 0.945. The maximum absolute atomic E-state index is 10.9. The number of fused-ring (bicyclic) bond motifs is 1. The molecule has 0 unspecified atom stereocenters. The van der Waals surface area contributed by atoms with Gasteiger partial charge < -0.3 is 5.73 Å². The number of hydrogen-bond donors (Lipinski definition) is 2. The molecule has 0 aliphatic heterocycles. The molecule has 0 aliphatic carbocycles. The van der Waals surface area contributed by atoms with E-state index in [0.29, 0.717) is 0 Å². The number of nitrogen functional groups attached to an aromatic ring is 1. The lowest BCUT2D eigenvalue weighted by Crippen LogP contribution is -2.20. The summed E-state index contributed by atoms with van der Waals surface area (Å²) in [6.07, 6.45) is 1.24. The molecule has 0 spiro atoms. The molecular weight excluding hydrogens is 148 g/mol. The number of anilines is 1. The molecule has 0 atom stereocenters. The summed E-state index contributed by atoms with van der Waals surface area (Å²) in [5, 5.41) is 9.28. The number of nitrogens with one attached hydrogen (secondary N) is 1. The van der Waals surface area contributed by atoms with E-state index in [-0.39, 0.29) is 11.5 Å². The third kappa shape index (κ3) is 0.672. The molecule has 0 aromatic carbocycles. The summed E-state index contributed by atoms with van der Waals surface area (Å²) in [6, 6.07) is 0. The van der Waals surface area contributed by atoms with E-state index in [1.165, 1.54) is 6.33 Å². The van der Waals surface area contributed by atoms with Crippen LogP contribution in [0.25, 0.3) is 5.65 Å². The van der Waals surface area contributed by atoms with Crippen molar-refractivity contribution in [2.45, 2.75) is 0 Å². The van der Waals surface area contributed by atoms with E-state index < -0.39 is 5.69 Å². The van der Waals surface area contributed by atoms with Crippen molar-refractivity contribution in [1.29, 1.82) is 0 Å². The number of rotatable bonds is 0. The molecule has 7 heteroatoms. The number of nitrogens with zero attached hydrogens (tertiary/aromatic N) is 4. The lowest BCUT2D eigenvalue weighted by atomic mass is 10.7. The maximum Gasteiger partial charge on any atom is 0.364 e. The van der Waals surface area contributed by atoms with Gasteiger partial charge in [0.2, 0.25) is 5.65 Å². The summed E-state index contributed by atoms with van der Waals surface area (Å²) in [7, 11) is 0.